The summed E-state index contributed by atoms with van der Waals surface area (Å²) < 4.78 is 5.70. The number of carbonyl (C=O) groups is 1. The average Bonchev–Trinajstić information content (AvgIpc) is 3.28. The molecule has 4 rings (SSSR count). The Morgan fingerprint density at radius 3 is 2.74 bits per heavy atom. The summed E-state index contributed by atoms with van der Waals surface area (Å²) in [6.07, 6.45) is 0. The minimum Gasteiger partial charge on any atom is -0.485 e. The maximum absolute atomic E-state index is 12.4. The van der Waals surface area contributed by atoms with Crippen molar-refractivity contribution in [2.75, 3.05) is 10.7 Å². The molecular weight excluding hydrogens is 425 g/mol. The Labute approximate surface area is 174 Å². The van der Waals surface area contributed by atoms with Crippen LogP contribution in [0.2, 0.25) is 10.0 Å². The number of thioether (sulfide) groups is 1. The third kappa shape index (κ3) is 4.06. The molecule has 0 saturated carbocycles. The van der Waals surface area contributed by atoms with Gasteiger partial charge in [0.25, 0.3) is 0 Å². The zero-order valence-electron chi connectivity index (χ0n) is 13.8. The molecule has 1 atom stereocenters. The molecule has 2 heterocycles. The molecule has 3 aromatic rings. The zero-order valence-corrected chi connectivity index (χ0v) is 17.0. The highest BCUT2D eigenvalue weighted by Crippen LogP contribution is 2.42. The van der Waals surface area contributed by atoms with Crippen molar-refractivity contribution in [3.8, 4) is 5.75 Å². The van der Waals surface area contributed by atoms with Crippen LogP contribution in [0.1, 0.15) is 15.9 Å². The van der Waals surface area contributed by atoms with Crippen LogP contribution < -0.4 is 9.64 Å². The molecule has 138 valence electrons. The number of aromatic nitrogens is 2. The molecule has 1 aliphatic rings. The molecule has 27 heavy (non-hydrogen) atoms. The van der Waals surface area contributed by atoms with E-state index in [1.54, 1.807) is 34.9 Å². The number of rotatable bonds is 5. The molecule has 0 N–H and O–H groups in total. The molecule has 1 fully saturated rings. The van der Waals surface area contributed by atoms with E-state index in [0.29, 0.717) is 31.7 Å². The van der Waals surface area contributed by atoms with Crippen molar-refractivity contribution in [2.45, 2.75) is 12.0 Å². The lowest BCUT2D eigenvalue weighted by Crippen LogP contribution is -2.27. The first-order chi connectivity index (χ1) is 13.1. The number of hydrogen-bond donors (Lipinski definition) is 0. The van der Waals surface area contributed by atoms with Crippen LogP contribution in [0.4, 0.5) is 5.13 Å². The fourth-order valence-corrected chi connectivity index (χ4v) is 5.11. The molecule has 1 aliphatic heterocycles. The lowest BCUT2D eigenvalue weighted by atomic mass is 10.2. The fourth-order valence-electron chi connectivity index (χ4n) is 2.63. The number of carbonyl (C=O) groups excluding carboxylic acids is 1. The van der Waals surface area contributed by atoms with E-state index in [9.17, 15) is 4.79 Å². The third-order valence-corrected chi connectivity index (χ3v) is 6.50. The summed E-state index contributed by atoms with van der Waals surface area (Å²) in [4.78, 5) is 14.1. The van der Waals surface area contributed by atoms with Gasteiger partial charge in [0.2, 0.25) is 11.0 Å². The lowest BCUT2D eigenvalue weighted by molar-refractivity contribution is -0.115. The van der Waals surface area contributed by atoms with Gasteiger partial charge in [-0.2, -0.15) is 0 Å². The SMILES string of the molecule is O=C1CSC(c2ccccc2)N1c1nnc(COc2ccc(Cl)cc2Cl)s1. The maximum Gasteiger partial charge on any atom is 0.240 e. The normalized spacial score (nSPS) is 16.7. The molecule has 1 amide bonds. The van der Waals surface area contributed by atoms with Crippen LogP contribution in [0, 0.1) is 0 Å². The van der Waals surface area contributed by atoms with Crippen molar-refractivity contribution in [3.63, 3.8) is 0 Å². The third-order valence-electron chi connectivity index (χ3n) is 3.86. The van der Waals surface area contributed by atoms with Crippen molar-refractivity contribution >= 4 is 57.3 Å². The predicted molar refractivity (Wildman–Crippen MR) is 110 cm³/mol. The van der Waals surface area contributed by atoms with Gasteiger partial charge in [0.15, 0.2) is 5.01 Å². The first kappa shape index (κ1) is 18.6. The van der Waals surface area contributed by atoms with E-state index in [1.165, 1.54) is 11.3 Å². The van der Waals surface area contributed by atoms with Crippen LogP contribution in [-0.4, -0.2) is 21.9 Å². The first-order valence-corrected chi connectivity index (χ1v) is 10.6. The van der Waals surface area contributed by atoms with Crippen LogP contribution in [0.25, 0.3) is 0 Å². The number of benzene rings is 2. The summed E-state index contributed by atoms with van der Waals surface area (Å²) in [5, 5.41) is 10.5. The highest BCUT2D eigenvalue weighted by Gasteiger charge is 2.36. The van der Waals surface area contributed by atoms with E-state index in [2.05, 4.69) is 10.2 Å². The molecule has 1 aromatic heterocycles. The predicted octanol–water partition coefficient (Wildman–Crippen LogP) is 5.20. The van der Waals surface area contributed by atoms with E-state index < -0.39 is 0 Å². The Bertz CT molecular complexity index is 968. The molecule has 2 aromatic carbocycles. The van der Waals surface area contributed by atoms with Gasteiger partial charge >= 0.3 is 0 Å². The van der Waals surface area contributed by atoms with Gasteiger partial charge in [0.1, 0.15) is 17.7 Å². The lowest BCUT2D eigenvalue weighted by Gasteiger charge is -2.20. The van der Waals surface area contributed by atoms with Gasteiger partial charge in [-0.1, -0.05) is 64.9 Å². The van der Waals surface area contributed by atoms with Crippen LogP contribution in [0.3, 0.4) is 0 Å². The van der Waals surface area contributed by atoms with Crippen LogP contribution >= 0.6 is 46.3 Å². The summed E-state index contributed by atoms with van der Waals surface area (Å²) >= 11 is 14.9. The van der Waals surface area contributed by atoms with E-state index in [0.717, 1.165) is 5.56 Å². The smallest absolute Gasteiger partial charge is 0.240 e. The Hall–Kier alpha value is -1.80. The Kier molecular flexibility index (Phi) is 5.54. The number of ether oxygens (including phenoxy) is 1. The van der Waals surface area contributed by atoms with Crippen LogP contribution in [-0.2, 0) is 11.4 Å². The van der Waals surface area contributed by atoms with E-state index in [4.69, 9.17) is 27.9 Å². The van der Waals surface area contributed by atoms with Gasteiger partial charge in [0, 0.05) is 5.02 Å². The fraction of sp³-hybridized carbons (Fsp3) is 0.167. The summed E-state index contributed by atoms with van der Waals surface area (Å²) in [6, 6.07) is 14.9. The minimum absolute atomic E-state index is 0.0261. The largest absolute Gasteiger partial charge is 0.485 e. The maximum atomic E-state index is 12.4. The first-order valence-electron chi connectivity index (χ1n) is 8.00. The molecule has 0 aliphatic carbocycles. The second-order valence-electron chi connectivity index (χ2n) is 5.68. The molecular formula is C18H13Cl2N3O2S2. The van der Waals surface area contributed by atoms with Crippen LogP contribution in [0.15, 0.2) is 48.5 Å². The number of amides is 1. The molecule has 5 nitrogen and oxygen atoms in total. The van der Waals surface area contributed by atoms with Gasteiger partial charge in [-0.05, 0) is 23.8 Å². The molecule has 1 unspecified atom stereocenters. The van der Waals surface area contributed by atoms with Crippen molar-refractivity contribution in [2.24, 2.45) is 0 Å². The van der Waals surface area contributed by atoms with Crippen molar-refractivity contribution in [1.29, 1.82) is 0 Å². The summed E-state index contributed by atoms with van der Waals surface area (Å²) in [6.45, 7) is 0.212. The molecule has 1 saturated heterocycles. The van der Waals surface area contributed by atoms with Crippen LogP contribution in [0.5, 0.6) is 5.75 Å². The van der Waals surface area contributed by atoms with Gasteiger partial charge < -0.3 is 4.74 Å². The van der Waals surface area contributed by atoms with E-state index in [-0.39, 0.29) is 17.9 Å². The minimum atomic E-state index is -0.0915. The zero-order chi connectivity index (χ0) is 18.8. The Morgan fingerprint density at radius 1 is 1.15 bits per heavy atom. The highest BCUT2D eigenvalue weighted by atomic mass is 35.5. The van der Waals surface area contributed by atoms with Gasteiger partial charge in [-0.25, -0.2) is 0 Å². The number of hydrogen-bond acceptors (Lipinski definition) is 6. The second-order valence-corrected chi connectivity index (χ2v) is 8.63. The van der Waals surface area contributed by atoms with Gasteiger partial charge in [-0.3, -0.25) is 9.69 Å². The second kappa shape index (κ2) is 8.06. The molecule has 0 spiro atoms. The summed E-state index contributed by atoms with van der Waals surface area (Å²) in [5.74, 6) is 0.969. The Balaban J connectivity index is 1.50. The van der Waals surface area contributed by atoms with E-state index in [1.807, 2.05) is 30.3 Å². The number of anilines is 1. The van der Waals surface area contributed by atoms with E-state index >= 15 is 0 Å². The molecule has 0 radical (unpaired) electrons. The highest BCUT2D eigenvalue weighted by molar-refractivity contribution is 8.00. The molecule has 9 heteroatoms. The van der Waals surface area contributed by atoms with Crippen molar-refractivity contribution in [1.82, 2.24) is 10.2 Å². The monoisotopic (exact) mass is 437 g/mol. The van der Waals surface area contributed by atoms with Gasteiger partial charge in [0.05, 0.1) is 10.8 Å². The summed E-state index contributed by atoms with van der Waals surface area (Å²) in [7, 11) is 0. The number of nitrogens with zero attached hydrogens (tertiary/aromatic N) is 3. The van der Waals surface area contributed by atoms with Crippen molar-refractivity contribution < 1.29 is 9.53 Å². The topological polar surface area (TPSA) is 55.3 Å². The summed E-state index contributed by atoms with van der Waals surface area (Å²) in [5.41, 5.74) is 1.06. The molecule has 0 bridgehead atoms. The average molecular weight is 438 g/mol. The number of halogens is 2. The Morgan fingerprint density at radius 2 is 1.96 bits per heavy atom. The quantitative estimate of drug-likeness (QED) is 0.548. The van der Waals surface area contributed by atoms with Gasteiger partial charge in [-0.15, -0.1) is 22.0 Å². The standard InChI is InChI=1S/C18H13Cl2N3O2S2/c19-12-6-7-14(13(20)8-12)25-9-15-21-22-18(27-15)23-16(24)10-26-17(23)11-4-2-1-3-5-11/h1-8,17H,9-10H2. The van der Waals surface area contributed by atoms with Crippen molar-refractivity contribution in [3.05, 3.63) is 69.1 Å².